The summed E-state index contributed by atoms with van der Waals surface area (Å²) in [7, 11) is -1.99. The van der Waals surface area contributed by atoms with Crippen LogP contribution in [-0.2, 0) is 0 Å². The van der Waals surface area contributed by atoms with Gasteiger partial charge in [-0.2, -0.15) is 4.39 Å². The van der Waals surface area contributed by atoms with Crippen LogP contribution >= 0.6 is 0 Å². The summed E-state index contributed by atoms with van der Waals surface area (Å²) in [4.78, 5) is 13.3. The van der Waals surface area contributed by atoms with Gasteiger partial charge in [0.15, 0.2) is 5.69 Å². The van der Waals surface area contributed by atoms with E-state index >= 15 is 0 Å². The zero-order valence-electron chi connectivity index (χ0n) is 6.31. The molecule has 68 valence electrons. The Kier molecular flexibility index (Phi) is 2.59. The van der Waals surface area contributed by atoms with E-state index in [2.05, 4.69) is 4.98 Å². The molecule has 0 bridgehead atoms. The van der Waals surface area contributed by atoms with Crippen molar-refractivity contribution in [3.8, 4) is 0 Å². The van der Waals surface area contributed by atoms with E-state index in [0.29, 0.717) is 0 Å². The summed E-state index contributed by atoms with van der Waals surface area (Å²) < 4.78 is 12.8. The van der Waals surface area contributed by atoms with Crippen LogP contribution in [0.2, 0.25) is 0 Å². The minimum Gasteiger partial charge on any atom is -0.477 e. The number of aromatic nitrogens is 1. The van der Waals surface area contributed by atoms with Gasteiger partial charge in [-0.1, -0.05) is 6.07 Å². The molecule has 0 aliphatic carbocycles. The summed E-state index contributed by atoms with van der Waals surface area (Å²) >= 11 is 0. The number of halogens is 1. The van der Waals surface area contributed by atoms with Gasteiger partial charge in [-0.3, -0.25) is 0 Å². The van der Waals surface area contributed by atoms with Crippen molar-refractivity contribution in [3.63, 3.8) is 0 Å². The Hall–Kier alpha value is -1.47. The maximum atomic E-state index is 12.8. The van der Waals surface area contributed by atoms with E-state index in [9.17, 15) is 9.18 Å². The highest BCUT2D eigenvalue weighted by molar-refractivity contribution is 6.58. The lowest BCUT2D eigenvalue weighted by Crippen LogP contribution is -2.34. The van der Waals surface area contributed by atoms with Crippen molar-refractivity contribution in [2.75, 3.05) is 0 Å². The quantitative estimate of drug-likeness (QED) is 0.389. The first-order chi connectivity index (χ1) is 6.02. The molecular formula is C6H5BFNO4. The van der Waals surface area contributed by atoms with Gasteiger partial charge in [0, 0.05) is 5.46 Å². The van der Waals surface area contributed by atoms with E-state index in [1.807, 2.05) is 0 Å². The molecule has 3 N–H and O–H groups in total. The number of carboxylic acids is 1. The van der Waals surface area contributed by atoms with Gasteiger partial charge in [-0.15, -0.1) is 0 Å². The first kappa shape index (κ1) is 9.62. The van der Waals surface area contributed by atoms with Crippen molar-refractivity contribution < 1.29 is 24.3 Å². The molecule has 1 rings (SSSR count). The Balaban J connectivity index is 3.13. The van der Waals surface area contributed by atoms with Crippen LogP contribution in [0.1, 0.15) is 10.5 Å². The average Bonchev–Trinajstić information content (AvgIpc) is 2.03. The second-order valence-corrected chi connectivity index (χ2v) is 2.26. The van der Waals surface area contributed by atoms with Crippen LogP contribution in [0.4, 0.5) is 4.39 Å². The number of pyridine rings is 1. The molecular weight excluding hydrogens is 180 g/mol. The summed E-state index contributed by atoms with van der Waals surface area (Å²) in [6.45, 7) is 0. The van der Waals surface area contributed by atoms with Crippen LogP contribution < -0.4 is 5.46 Å². The molecule has 0 amide bonds. The van der Waals surface area contributed by atoms with E-state index in [1.54, 1.807) is 0 Å². The van der Waals surface area contributed by atoms with Gasteiger partial charge < -0.3 is 15.2 Å². The van der Waals surface area contributed by atoms with Crippen LogP contribution in [0, 0.1) is 5.95 Å². The van der Waals surface area contributed by atoms with Crippen LogP contribution in [0.3, 0.4) is 0 Å². The maximum Gasteiger partial charge on any atom is 0.493 e. The SMILES string of the molecule is O=C(O)c1ccc(B(O)O)c(F)n1. The predicted octanol–water partition coefficient (Wildman–Crippen LogP) is -1.40. The first-order valence-corrected chi connectivity index (χ1v) is 3.28. The number of hydrogen-bond donors (Lipinski definition) is 3. The van der Waals surface area contributed by atoms with Gasteiger partial charge in [0.05, 0.1) is 0 Å². The standard InChI is InChI=1S/C6H5BFNO4/c8-5-3(7(12)13)1-2-4(9-5)6(10)11/h1-2,12-13H,(H,10,11). The fourth-order valence-electron chi connectivity index (χ4n) is 0.757. The number of carboxylic acid groups (broad SMARTS) is 1. The second kappa shape index (κ2) is 3.50. The number of aromatic carboxylic acids is 1. The molecule has 1 aromatic heterocycles. The third-order valence-corrected chi connectivity index (χ3v) is 1.37. The van der Waals surface area contributed by atoms with Crippen molar-refractivity contribution in [1.82, 2.24) is 4.98 Å². The van der Waals surface area contributed by atoms with E-state index in [-0.39, 0.29) is 0 Å². The summed E-state index contributed by atoms with van der Waals surface area (Å²) in [6, 6.07) is 1.94. The normalized spacial score (nSPS) is 9.77. The Labute approximate surface area is 72.6 Å². The van der Waals surface area contributed by atoms with Crippen molar-refractivity contribution in [2.24, 2.45) is 0 Å². The molecule has 1 aromatic rings. The first-order valence-electron chi connectivity index (χ1n) is 3.28. The largest absolute Gasteiger partial charge is 0.493 e. The molecule has 0 radical (unpaired) electrons. The van der Waals surface area contributed by atoms with Crippen molar-refractivity contribution in [1.29, 1.82) is 0 Å². The molecule has 7 heteroatoms. The Morgan fingerprint density at radius 3 is 2.46 bits per heavy atom. The lowest BCUT2D eigenvalue weighted by molar-refractivity contribution is 0.0689. The van der Waals surface area contributed by atoms with Gasteiger partial charge in [0.1, 0.15) is 0 Å². The van der Waals surface area contributed by atoms with E-state index in [4.69, 9.17) is 15.2 Å². The Bertz CT molecular complexity index is 343. The summed E-state index contributed by atoms with van der Waals surface area (Å²) in [5, 5.41) is 25.5. The topological polar surface area (TPSA) is 90.7 Å². The van der Waals surface area contributed by atoms with E-state index in [1.165, 1.54) is 0 Å². The van der Waals surface area contributed by atoms with Crippen LogP contribution in [0.25, 0.3) is 0 Å². The molecule has 0 spiro atoms. The monoisotopic (exact) mass is 185 g/mol. The molecule has 0 aliphatic heterocycles. The van der Waals surface area contributed by atoms with Crippen LogP contribution in [-0.4, -0.2) is 33.2 Å². The highest BCUT2D eigenvalue weighted by Crippen LogP contribution is 1.96. The number of nitrogens with zero attached hydrogens (tertiary/aromatic N) is 1. The number of hydrogen-bond acceptors (Lipinski definition) is 4. The van der Waals surface area contributed by atoms with Crippen molar-refractivity contribution in [3.05, 3.63) is 23.8 Å². The molecule has 0 saturated heterocycles. The average molecular weight is 185 g/mol. The molecule has 0 unspecified atom stereocenters. The van der Waals surface area contributed by atoms with Crippen LogP contribution in [0.15, 0.2) is 12.1 Å². The van der Waals surface area contributed by atoms with Crippen LogP contribution in [0.5, 0.6) is 0 Å². The number of rotatable bonds is 2. The predicted molar refractivity (Wildman–Crippen MR) is 41.0 cm³/mol. The minimum absolute atomic E-state index is 0.454. The molecule has 0 aromatic carbocycles. The Morgan fingerprint density at radius 1 is 1.46 bits per heavy atom. The van der Waals surface area contributed by atoms with Gasteiger partial charge in [-0.05, 0) is 6.07 Å². The molecule has 0 aliphatic rings. The third kappa shape index (κ3) is 2.01. The molecule has 0 atom stereocenters. The summed E-state index contributed by atoms with van der Waals surface area (Å²) in [5.41, 5.74) is -0.938. The lowest BCUT2D eigenvalue weighted by Gasteiger charge is -2.00. The zero-order chi connectivity index (χ0) is 10.0. The maximum absolute atomic E-state index is 12.8. The second-order valence-electron chi connectivity index (χ2n) is 2.26. The highest BCUT2D eigenvalue weighted by Gasteiger charge is 2.19. The van der Waals surface area contributed by atoms with Crippen molar-refractivity contribution in [2.45, 2.75) is 0 Å². The molecule has 1 heterocycles. The van der Waals surface area contributed by atoms with Gasteiger partial charge >= 0.3 is 13.1 Å². The minimum atomic E-state index is -1.99. The fourth-order valence-corrected chi connectivity index (χ4v) is 0.757. The fraction of sp³-hybridized carbons (Fsp3) is 0. The van der Waals surface area contributed by atoms with Gasteiger partial charge in [0.2, 0.25) is 5.95 Å². The highest BCUT2D eigenvalue weighted by atomic mass is 19.1. The zero-order valence-corrected chi connectivity index (χ0v) is 6.31. The molecule has 0 fully saturated rings. The lowest BCUT2D eigenvalue weighted by atomic mass is 9.81. The third-order valence-electron chi connectivity index (χ3n) is 1.37. The smallest absolute Gasteiger partial charge is 0.477 e. The number of carbonyl (C=O) groups is 1. The summed E-state index contributed by atoms with van der Waals surface area (Å²) in [6.07, 6.45) is 0. The summed E-state index contributed by atoms with van der Waals surface area (Å²) in [5.74, 6) is -2.58. The molecule has 13 heavy (non-hydrogen) atoms. The molecule has 0 saturated carbocycles. The molecule has 5 nitrogen and oxygen atoms in total. The van der Waals surface area contributed by atoms with Gasteiger partial charge in [0.25, 0.3) is 0 Å². The Morgan fingerprint density at radius 2 is 2.08 bits per heavy atom. The van der Waals surface area contributed by atoms with E-state index in [0.717, 1.165) is 12.1 Å². The van der Waals surface area contributed by atoms with Crippen molar-refractivity contribution >= 4 is 18.6 Å². The van der Waals surface area contributed by atoms with Gasteiger partial charge in [-0.25, -0.2) is 9.78 Å². The van der Waals surface area contributed by atoms with E-state index < -0.39 is 30.2 Å².